The van der Waals surface area contributed by atoms with Gasteiger partial charge in [0.2, 0.25) is 0 Å². The molecule has 3 nitrogen and oxygen atoms in total. The van der Waals surface area contributed by atoms with Crippen molar-refractivity contribution in [3.8, 4) is 5.75 Å². The number of aromatic hydroxyl groups is 1. The average Bonchev–Trinajstić information content (AvgIpc) is 2.12. The maximum Gasteiger partial charge on any atom is 0.136 e. The topological polar surface area (TPSA) is 66.5 Å². The number of aliphatic hydroxyl groups is 1. The van der Waals surface area contributed by atoms with E-state index >= 15 is 0 Å². The van der Waals surface area contributed by atoms with Crippen LogP contribution in [-0.2, 0) is 0 Å². The van der Waals surface area contributed by atoms with Crippen molar-refractivity contribution in [2.24, 2.45) is 5.73 Å². The Labute approximate surface area is 95.6 Å². The number of phenolic OH excluding ortho intramolecular Hbond substituents is 1. The fraction of sp³-hybridized carbons (Fsp3) is 0.333. The van der Waals surface area contributed by atoms with E-state index in [1.54, 1.807) is 19.1 Å². The van der Waals surface area contributed by atoms with Crippen molar-refractivity contribution in [2.45, 2.75) is 19.1 Å². The lowest BCUT2D eigenvalue weighted by atomic mass is 10.0. The molecule has 0 bridgehead atoms. The number of phenols is 1. The quantitative estimate of drug-likeness (QED) is 0.778. The molecule has 0 spiro atoms. The van der Waals surface area contributed by atoms with E-state index in [-0.39, 0.29) is 5.75 Å². The number of benzene rings is 1. The molecule has 14 heavy (non-hydrogen) atoms. The minimum atomic E-state index is -0.771. The molecule has 0 aliphatic rings. The van der Waals surface area contributed by atoms with Crippen LogP contribution in [-0.4, -0.2) is 16.3 Å². The van der Waals surface area contributed by atoms with Gasteiger partial charge >= 0.3 is 0 Å². The Morgan fingerprint density at radius 3 is 2.57 bits per heavy atom. The zero-order valence-electron chi connectivity index (χ0n) is 7.54. The van der Waals surface area contributed by atoms with E-state index in [0.717, 1.165) is 0 Å². The Hall–Kier alpha value is -0.290. The highest BCUT2D eigenvalue weighted by molar-refractivity contribution is 9.10. The van der Waals surface area contributed by atoms with E-state index < -0.39 is 12.1 Å². The molecule has 4 N–H and O–H groups in total. The van der Waals surface area contributed by atoms with E-state index in [1.165, 1.54) is 0 Å². The van der Waals surface area contributed by atoms with Crippen LogP contribution in [0.5, 0.6) is 5.75 Å². The highest BCUT2D eigenvalue weighted by Gasteiger charge is 2.20. The van der Waals surface area contributed by atoms with Crippen molar-refractivity contribution in [1.82, 2.24) is 0 Å². The van der Waals surface area contributed by atoms with Crippen molar-refractivity contribution in [3.05, 3.63) is 27.2 Å². The third kappa shape index (κ3) is 2.20. The summed E-state index contributed by atoms with van der Waals surface area (Å²) < 4.78 is 0.507. The zero-order valence-corrected chi connectivity index (χ0v) is 9.88. The molecule has 2 atom stereocenters. The lowest BCUT2D eigenvalue weighted by Crippen LogP contribution is -2.23. The predicted molar refractivity (Wildman–Crippen MR) is 59.4 cm³/mol. The van der Waals surface area contributed by atoms with Crippen LogP contribution in [0.25, 0.3) is 0 Å². The fourth-order valence-corrected chi connectivity index (χ4v) is 1.74. The first kappa shape index (κ1) is 11.8. The van der Waals surface area contributed by atoms with Crippen LogP contribution in [0.2, 0.25) is 5.02 Å². The molecule has 0 saturated carbocycles. The molecule has 78 valence electrons. The minimum Gasteiger partial charge on any atom is -0.506 e. The Morgan fingerprint density at radius 2 is 2.07 bits per heavy atom. The largest absolute Gasteiger partial charge is 0.506 e. The summed E-state index contributed by atoms with van der Waals surface area (Å²) in [5, 5.41) is 19.3. The number of hydrogen-bond acceptors (Lipinski definition) is 3. The fourth-order valence-electron chi connectivity index (χ4n) is 1.12. The maximum absolute atomic E-state index is 9.68. The summed E-state index contributed by atoms with van der Waals surface area (Å²) in [6.45, 7) is 1.54. The normalized spacial score (nSPS) is 15.2. The Morgan fingerprint density at radius 1 is 1.50 bits per heavy atom. The zero-order chi connectivity index (χ0) is 10.9. The van der Waals surface area contributed by atoms with Gasteiger partial charge in [0.15, 0.2) is 0 Å². The van der Waals surface area contributed by atoms with Gasteiger partial charge in [0.25, 0.3) is 0 Å². The van der Waals surface area contributed by atoms with Crippen LogP contribution in [0.4, 0.5) is 0 Å². The van der Waals surface area contributed by atoms with Gasteiger partial charge in [-0.15, -0.1) is 0 Å². The summed E-state index contributed by atoms with van der Waals surface area (Å²) in [6, 6.07) is 2.54. The third-order valence-corrected chi connectivity index (χ3v) is 2.94. The van der Waals surface area contributed by atoms with E-state index in [2.05, 4.69) is 15.9 Å². The van der Waals surface area contributed by atoms with Crippen molar-refractivity contribution in [1.29, 1.82) is 0 Å². The summed E-state index contributed by atoms with van der Waals surface area (Å²) in [6.07, 6.45) is -0.771. The van der Waals surface area contributed by atoms with E-state index in [4.69, 9.17) is 17.3 Å². The van der Waals surface area contributed by atoms with Gasteiger partial charge in [-0.2, -0.15) is 0 Å². The molecule has 0 saturated heterocycles. The summed E-state index contributed by atoms with van der Waals surface area (Å²) in [4.78, 5) is 0. The molecule has 0 amide bonds. The lowest BCUT2D eigenvalue weighted by Gasteiger charge is -2.18. The molecule has 1 aromatic carbocycles. The number of hydrogen-bond donors (Lipinski definition) is 3. The molecule has 5 heteroatoms. The van der Waals surface area contributed by atoms with E-state index in [0.29, 0.717) is 15.1 Å². The molecular weight excluding hydrogens is 269 g/mol. The van der Waals surface area contributed by atoms with Crippen molar-refractivity contribution >= 4 is 27.5 Å². The molecule has 0 aromatic heterocycles. The summed E-state index contributed by atoms with van der Waals surface area (Å²) in [7, 11) is 0. The van der Waals surface area contributed by atoms with Gasteiger partial charge in [0.05, 0.1) is 16.6 Å². The van der Waals surface area contributed by atoms with Crippen molar-refractivity contribution in [2.75, 3.05) is 0 Å². The second-order valence-electron chi connectivity index (χ2n) is 3.06. The standard InChI is InChI=1S/C9H11BrClNO2/c1-4(13)8(12)7-6(11)3-2-5(10)9(7)14/h2-4,8,13-14H,12H2,1H3/t4?,8-/m0/s1. The lowest BCUT2D eigenvalue weighted by molar-refractivity contribution is 0.163. The second-order valence-corrected chi connectivity index (χ2v) is 4.32. The Bertz CT molecular complexity index is 344. The maximum atomic E-state index is 9.68. The average molecular weight is 281 g/mol. The van der Waals surface area contributed by atoms with Crippen molar-refractivity contribution in [3.63, 3.8) is 0 Å². The first-order chi connectivity index (χ1) is 6.45. The van der Waals surface area contributed by atoms with Crippen LogP contribution < -0.4 is 5.73 Å². The highest BCUT2D eigenvalue weighted by atomic mass is 79.9. The number of rotatable bonds is 2. The highest BCUT2D eigenvalue weighted by Crippen LogP contribution is 2.37. The molecule has 0 radical (unpaired) electrons. The predicted octanol–water partition coefficient (Wildman–Crippen LogP) is 2.19. The summed E-state index contributed by atoms with van der Waals surface area (Å²) in [5.74, 6) is -0.0223. The van der Waals surface area contributed by atoms with E-state index in [9.17, 15) is 10.2 Å². The molecule has 0 heterocycles. The van der Waals surface area contributed by atoms with Crippen molar-refractivity contribution < 1.29 is 10.2 Å². The molecule has 1 rings (SSSR count). The van der Waals surface area contributed by atoms with Crippen LogP contribution in [0.15, 0.2) is 16.6 Å². The monoisotopic (exact) mass is 279 g/mol. The van der Waals surface area contributed by atoms with Crippen LogP contribution in [0.1, 0.15) is 18.5 Å². The Balaban J connectivity index is 3.25. The van der Waals surface area contributed by atoms with Crippen LogP contribution in [0.3, 0.4) is 0 Å². The first-order valence-corrected chi connectivity index (χ1v) is 5.22. The molecule has 1 aromatic rings. The van der Waals surface area contributed by atoms with Gasteiger partial charge < -0.3 is 15.9 Å². The van der Waals surface area contributed by atoms with Gasteiger partial charge in [-0.3, -0.25) is 0 Å². The number of aliphatic hydroxyl groups excluding tert-OH is 1. The molecule has 0 aliphatic carbocycles. The van der Waals surface area contributed by atoms with Gasteiger partial charge in [-0.25, -0.2) is 0 Å². The van der Waals surface area contributed by atoms with Gasteiger partial charge in [-0.05, 0) is 35.0 Å². The van der Waals surface area contributed by atoms with Crippen LogP contribution in [0, 0.1) is 0 Å². The smallest absolute Gasteiger partial charge is 0.136 e. The summed E-state index contributed by atoms with van der Waals surface area (Å²) in [5.41, 5.74) is 6.05. The van der Waals surface area contributed by atoms with Gasteiger partial charge in [-0.1, -0.05) is 11.6 Å². The molecule has 1 unspecified atom stereocenters. The minimum absolute atomic E-state index is 0.0223. The third-order valence-electron chi connectivity index (χ3n) is 1.97. The molecular formula is C9H11BrClNO2. The Kier molecular flexibility index (Phi) is 3.78. The number of halogens is 2. The van der Waals surface area contributed by atoms with Crippen LogP contribution >= 0.6 is 27.5 Å². The SMILES string of the molecule is CC(O)[C@H](N)c1c(Cl)ccc(Br)c1O. The van der Waals surface area contributed by atoms with Gasteiger partial charge in [0, 0.05) is 10.6 Å². The first-order valence-electron chi connectivity index (χ1n) is 4.05. The van der Waals surface area contributed by atoms with Gasteiger partial charge in [0.1, 0.15) is 5.75 Å². The van der Waals surface area contributed by atoms with E-state index in [1.807, 2.05) is 0 Å². The molecule has 0 fully saturated rings. The molecule has 0 aliphatic heterocycles. The summed E-state index contributed by atoms with van der Waals surface area (Å²) >= 11 is 9.02. The number of nitrogens with two attached hydrogens (primary N) is 1. The second kappa shape index (κ2) is 4.49.